The van der Waals surface area contributed by atoms with E-state index in [-0.39, 0.29) is 0 Å². The molecule has 110 valence electrons. The van der Waals surface area contributed by atoms with Crippen molar-refractivity contribution in [3.05, 3.63) is 41.5 Å². The fraction of sp³-hybridized carbons (Fsp3) is 0.375. The molecular formula is C16H18ClN3O. The van der Waals surface area contributed by atoms with E-state index in [1.54, 1.807) is 6.33 Å². The molecule has 0 unspecified atom stereocenters. The van der Waals surface area contributed by atoms with Crippen molar-refractivity contribution in [2.24, 2.45) is 0 Å². The van der Waals surface area contributed by atoms with E-state index in [1.807, 2.05) is 36.7 Å². The van der Waals surface area contributed by atoms with Crippen LogP contribution in [0.5, 0.6) is 5.75 Å². The van der Waals surface area contributed by atoms with Gasteiger partial charge in [-0.15, -0.1) is 11.6 Å². The molecule has 0 atom stereocenters. The van der Waals surface area contributed by atoms with E-state index in [2.05, 4.69) is 21.9 Å². The fourth-order valence-electron chi connectivity index (χ4n) is 1.88. The highest BCUT2D eigenvalue weighted by molar-refractivity contribution is 6.18. The van der Waals surface area contributed by atoms with Gasteiger partial charge >= 0.3 is 0 Å². The largest absolute Gasteiger partial charge is 0.484 e. The van der Waals surface area contributed by atoms with E-state index in [9.17, 15) is 0 Å². The Balaban J connectivity index is 2.14. The lowest BCUT2D eigenvalue weighted by Crippen LogP contribution is -2.07. The quantitative estimate of drug-likeness (QED) is 0.629. The normalized spacial score (nSPS) is 10.0. The molecule has 0 saturated carbocycles. The third-order valence-electron chi connectivity index (χ3n) is 2.93. The first-order chi connectivity index (χ1) is 10.2. The Labute approximate surface area is 130 Å². The van der Waals surface area contributed by atoms with Crippen LogP contribution in [0.25, 0.3) is 0 Å². The van der Waals surface area contributed by atoms with E-state index in [4.69, 9.17) is 16.3 Å². The number of aromatic nitrogens is 3. The molecule has 0 radical (unpaired) electrons. The number of ether oxygens (including phenoxy) is 1. The summed E-state index contributed by atoms with van der Waals surface area (Å²) >= 11 is 5.65. The number of hydrogen-bond donors (Lipinski definition) is 0. The van der Waals surface area contributed by atoms with Crippen LogP contribution in [0.3, 0.4) is 0 Å². The van der Waals surface area contributed by atoms with Crippen LogP contribution >= 0.6 is 11.6 Å². The van der Waals surface area contributed by atoms with Crippen LogP contribution in [0.1, 0.15) is 30.3 Å². The average molecular weight is 304 g/mol. The second-order valence-corrected chi connectivity index (χ2v) is 4.90. The lowest BCUT2D eigenvalue weighted by molar-refractivity contribution is 0.286. The van der Waals surface area contributed by atoms with Crippen LogP contribution in [-0.2, 0) is 13.2 Å². The summed E-state index contributed by atoms with van der Waals surface area (Å²) in [6.45, 7) is 5.20. The Bertz CT molecular complexity index is 655. The van der Waals surface area contributed by atoms with Crippen molar-refractivity contribution in [1.29, 1.82) is 0 Å². The van der Waals surface area contributed by atoms with Crippen molar-refractivity contribution in [2.45, 2.75) is 33.4 Å². The molecule has 0 amide bonds. The number of rotatable bonds is 5. The standard InChI is InChI=1S/C16H18ClN3O/c1-3-20-16(18-12-19-20)11-21-15-8-7-13(2)10-14(15)6-4-5-9-17/h7-8,10,12H,3,5,9,11H2,1-2H3. The minimum absolute atomic E-state index is 0.376. The highest BCUT2D eigenvalue weighted by Crippen LogP contribution is 2.20. The molecule has 1 heterocycles. The Morgan fingerprint density at radius 2 is 2.24 bits per heavy atom. The van der Waals surface area contributed by atoms with Gasteiger partial charge < -0.3 is 4.74 Å². The van der Waals surface area contributed by atoms with Crippen LogP contribution < -0.4 is 4.74 Å². The summed E-state index contributed by atoms with van der Waals surface area (Å²) in [6.07, 6.45) is 2.21. The Kier molecular flexibility index (Phi) is 5.65. The zero-order chi connectivity index (χ0) is 15.1. The molecular weight excluding hydrogens is 286 g/mol. The summed E-state index contributed by atoms with van der Waals surface area (Å²) in [5.41, 5.74) is 2.02. The highest BCUT2D eigenvalue weighted by Gasteiger charge is 2.06. The van der Waals surface area contributed by atoms with Crippen LogP contribution in [0.2, 0.25) is 0 Å². The van der Waals surface area contributed by atoms with Gasteiger partial charge in [-0.1, -0.05) is 17.9 Å². The van der Waals surface area contributed by atoms with Gasteiger partial charge in [0.25, 0.3) is 0 Å². The summed E-state index contributed by atoms with van der Waals surface area (Å²) in [4.78, 5) is 4.20. The molecule has 2 rings (SSSR count). The van der Waals surface area contributed by atoms with E-state index in [0.29, 0.717) is 18.9 Å². The Hall–Kier alpha value is -1.99. The van der Waals surface area contributed by atoms with Gasteiger partial charge in [0, 0.05) is 18.8 Å². The molecule has 0 aliphatic carbocycles. The van der Waals surface area contributed by atoms with Crippen LogP contribution in [0.4, 0.5) is 0 Å². The first-order valence-corrected chi connectivity index (χ1v) is 7.43. The van der Waals surface area contributed by atoms with Crippen molar-refractivity contribution in [1.82, 2.24) is 14.8 Å². The van der Waals surface area contributed by atoms with Crippen molar-refractivity contribution in [3.8, 4) is 17.6 Å². The maximum atomic E-state index is 5.85. The minimum atomic E-state index is 0.376. The number of aryl methyl sites for hydroxylation is 2. The summed E-state index contributed by atoms with van der Waals surface area (Å²) in [5, 5.41) is 4.13. The second-order valence-electron chi connectivity index (χ2n) is 4.52. The minimum Gasteiger partial charge on any atom is -0.484 e. The summed E-state index contributed by atoms with van der Waals surface area (Å²) in [7, 11) is 0. The third kappa shape index (κ3) is 4.24. The summed E-state index contributed by atoms with van der Waals surface area (Å²) in [5.74, 6) is 8.25. The smallest absolute Gasteiger partial charge is 0.164 e. The molecule has 0 fully saturated rings. The average Bonchev–Trinajstić information content (AvgIpc) is 2.94. The number of hydrogen-bond acceptors (Lipinski definition) is 3. The van der Waals surface area contributed by atoms with Crippen LogP contribution in [0.15, 0.2) is 24.5 Å². The zero-order valence-corrected chi connectivity index (χ0v) is 13.0. The molecule has 5 heteroatoms. The Morgan fingerprint density at radius 3 is 3.00 bits per heavy atom. The van der Waals surface area contributed by atoms with Gasteiger partial charge in [0.05, 0.1) is 5.56 Å². The first kappa shape index (κ1) is 15.4. The maximum absolute atomic E-state index is 5.85. The molecule has 0 saturated heterocycles. The summed E-state index contributed by atoms with van der Waals surface area (Å²) in [6, 6.07) is 5.96. The summed E-state index contributed by atoms with van der Waals surface area (Å²) < 4.78 is 7.66. The lowest BCUT2D eigenvalue weighted by atomic mass is 10.1. The Morgan fingerprint density at radius 1 is 1.38 bits per heavy atom. The van der Waals surface area contributed by atoms with Gasteiger partial charge in [0.2, 0.25) is 0 Å². The first-order valence-electron chi connectivity index (χ1n) is 6.89. The van der Waals surface area contributed by atoms with Gasteiger partial charge in [-0.2, -0.15) is 5.10 Å². The highest BCUT2D eigenvalue weighted by atomic mass is 35.5. The third-order valence-corrected chi connectivity index (χ3v) is 3.12. The second kappa shape index (κ2) is 7.70. The van der Waals surface area contributed by atoms with Gasteiger partial charge in [-0.25, -0.2) is 9.67 Å². The fourth-order valence-corrected chi connectivity index (χ4v) is 1.97. The molecule has 0 N–H and O–H groups in total. The van der Waals surface area contributed by atoms with Crippen molar-refractivity contribution in [2.75, 3.05) is 5.88 Å². The molecule has 1 aromatic heterocycles. The topological polar surface area (TPSA) is 39.9 Å². The molecule has 0 spiro atoms. The van der Waals surface area contributed by atoms with Gasteiger partial charge in [-0.05, 0) is 31.5 Å². The van der Waals surface area contributed by atoms with Crippen LogP contribution in [-0.4, -0.2) is 20.6 Å². The van der Waals surface area contributed by atoms with Gasteiger partial charge in [-0.3, -0.25) is 0 Å². The molecule has 0 aliphatic rings. The molecule has 21 heavy (non-hydrogen) atoms. The van der Waals surface area contributed by atoms with Crippen molar-refractivity contribution in [3.63, 3.8) is 0 Å². The maximum Gasteiger partial charge on any atom is 0.164 e. The SMILES string of the molecule is CCn1ncnc1COc1ccc(C)cc1C#CCCCl. The number of benzene rings is 1. The van der Waals surface area contributed by atoms with E-state index < -0.39 is 0 Å². The lowest BCUT2D eigenvalue weighted by Gasteiger charge is -2.09. The van der Waals surface area contributed by atoms with E-state index in [0.717, 1.165) is 29.2 Å². The number of nitrogens with zero attached hydrogens (tertiary/aromatic N) is 3. The predicted octanol–water partition coefficient (Wildman–Crippen LogP) is 3.17. The molecule has 2 aromatic rings. The monoisotopic (exact) mass is 303 g/mol. The molecule has 1 aromatic carbocycles. The number of halogens is 1. The zero-order valence-electron chi connectivity index (χ0n) is 12.3. The van der Waals surface area contributed by atoms with Gasteiger partial charge in [0.1, 0.15) is 18.7 Å². The van der Waals surface area contributed by atoms with E-state index in [1.165, 1.54) is 0 Å². The van der Waals surface area contributed by atoms with Crippen LogP contribution in [0, 0.1) is 18.8 Å². The molecule has 0 bridgehead atoms. The number of alkyl halides is 1. The molecule has 4 nitrogen and oxygen atoms in total. The molecule has 0 aliphatic heterocycles. The predicted molar refractivity (Wildman–Crippen MR) is 83.4 cm³/mol. The van der Waals surface area contributed by atoms with Gasteiger partial charge in [0.15, 0.2) is 5.82 Å². The van der Waals surface area contributed by atoms with Crippen molar-refractivity contribution < 1.29 is 4.74 Å². The van der Waals surface area contributed by atoms with E-state index >= 15 is 0 Å². The van der Waals surface area contributed by atoms with Crippen molar-refractivity contribution >= 4 is 11.6 Å².